The number of carbonyl (C=O) groups is 1. The van der Waals surface area contributed by atoms with Crippen LogP contribution < -0.4 is 5.32 Å². The van der Waals surface area contributed by atoms with E-state index in [0.29, 0.717) is 11.2 Å². The average Bonchev–Trinajstić information content (AvgIpc) is 3.16. The molecule has 134 valence electrons. The molecule has 0 bridgehead atoms. The summed E-state index contributed by atoms with van der Waals surface area (Å²) in [5, 5.41) is 13.6. The molecule has 1 amide bonds. The predicted octanol–water partition coefficient (Wildman–Crippen LogP) is 3.72. The van der Waals surface area contributed by atoms with E-state index in [1.807, 2.05) is 36.4 Å². The van der Waals surface area contributed by atoms with Crippen LogP contribution in [0.4, 0.5) is 0 Å². The molecule has 6 heteroatoms. The van der Waals surface area contributed by atoms with Gasteiger partial charge in [-0.15, -0.1) is 5.10 Å². The summed E-state index contributed by atoms with van der Waals surface area (Å²) in [6.07, 6.45) is 7.73. The van der Waals surface area contributed by atoms with Crippen LogP contribution in [0.5, 0.6) is 0 Å². The summed E-state index contributed by atoms with van der Waals surface area (Å²) in [6.45, 7) is 0.747. The van der Waals surface area contributed by atoms with E-state index in [-0.39, 0.29) is 5.91 Å². The minimum Gasteiger partial charge on any atom is -0.352 e. The van der Waals surface area contributed by atoms with Gasteiger partial charge in [0.05, 0.1) is 5.69 Å². The molecule has 1 saturated carbocycles. The van der Waals surface area contributed by atoms with Gasteiger partial charge in [-0.05, 0) is 36.6 Å². The molecule has 0 atom stereocenters. The van der Waals surface area contributed by atoms with Crippen molar-refractivity contribution in [2.75, 3.05) is 6.54 Å². The number of fused-ring (bicyclic) bond motifs is 1. The van der Waals surface area contributed by atoms with Crippen molar-refractivity contribution in [3.8, 4) is 11.3 Å². The molecule has 2 N–H and O–H groups in total. The van der Waals surface area contributed by atoms with Crippen LogP contribution >= 0.6 is 0 Å². The number of aromatic amines is 1. The first kappa shape index (κ1) is 16.7. The molecule has 6 nitrogen and oxygen atoms in total. The zero-order valence-electron chi connectivity index (χ0n) is 14.7. The molecule has 0 spiro atoms. The van der Waals surface area contributed by atoms with Crippen LogP contribution in [-0.4, -0.2) is 32.8 Å². The van der Waals surface area contributed by atoms with Crippen molar-refractivity contribution in [2.45, 2.75) is 38.5 Å². The number of pyridine rings is 1. The number of carbonyl (C=O) groups excluding carboxylic acids is 1. The number of nitrogens with one attached hydrogen (secondary N) is 2. The second-order valence-corrected chi connectivity index (χ2v) is 7.01. The SMILES string of the molecule is O=C(NCCC1CCCCC1)c1cccc(-c2ccc3[nH]nnc3n2)c1. The van der Waals surface area contributed by atoms with Crippen LogP contribution in [0.15, 0.2) is 36.4 Å². The van der Waals surface area contributed by atoms with E-state index in [9.17, 15) is 4.79 Å². The molecule has 2 aromatic heterocycles. The van der Waals surface area contributed by atoms with Gasteiger partial charge in [-0.25, -0.2) is 4.98 Å². The Bertz CT molecular complexity index is 898. The van der Waals surface area contributed by atoms with Gasteiger partial charge in [0, 0.05) is 17.7 Å². The number of rotatable bonds is 5. The van der Waals surface area contributed by atoms with Crippen molar-refractivity contribution in [1.82, 2.24) is 25.7 Å². The van der Waals surface area contributed by atoms with Crippen molar-refractivity contribution < 1.29 is 4.79 Å². The molecule has 0 unspecified atom stereocenters. The minimum absolute atomic E-state index is 0.0230. The molecule has 4 rings (SSSR count). The van der Waals surface area contributed by atoms with Crippen LogP contribution in [0.1, 0.15) is 48.9 Å². The Morgan fingerprint density at radius 1 is 1.15 bits per heavy atom. The maximum atomic E-state index is 12.5. The minimum atomic E-state index is -0.0230. The fourth-order valence-corrected chi connectivity index (χ4v) is 3.69. The lowest BCUT2D eigenvalue weighted by atomic mass is 9.87. The summed E-state index contributed by atoms with van der Waals surface area (Å²) in [6, 6.07) is 11.4. The number of H-pyrrole nitrogens is 1. The van der Waals surface area contributed by atoms with Gasteiger partial charge in [0.25, 0.3) is 5.91 Å². The van der Waals surface area contributed by atoms with E-state index < -0.39 is 0 Å². The monoisotopic (exact) mass is 349 g/mol. The maximum absolute atomic E-state index is 12.5. The Labute approximate surface area is 152 Å². The van der Waals surface area contributed by atoms with Gasteiger partial charge >= 0.3 is 0 Å². The Balaban J connectivity index is 1.42. The first-order valence-corrected chi connectivity index (χ1v) is 9.36. The third-order valence-corrected chi connectivity index (χ3v) is 5.17. The standard InChI is InChI=1S/C20H23N5O/c26-20(21-12-11-14-5-2-1-3-6-14)16-8-4-7-15(13-16)17-9-10-18-19(22-17)24-25-23-18/h4,7-10,13-14H,1-3,5-6,11-12H2,(H,21,26)(H,22,23,24,25). The quantitative estimate of drug-likeness (QED) is 0.735. The van der Waals surface area contributed by atoms with Crippen molar-refractivity contribution >= 4 is 17.1 Å². The second-order valence-electron chi connectivity index (χ2n) is 7.01. The molecule has 26 heavy (non-hydrogen) atoms. The molecule has 2 heterocycles. The number of amides is 1. The van der Waals surface area contributed by atoms with Crippen LogP contribution in [-0.2, 0) is 0 Å². The van der Waals surface area contributed by atoms with Crippen molar-refractivity contribution in [3.63, 3.8) is 0 Å². The highest BCUT2D eigenvalue weighted by molar-refractivity contribution is 5.95. The summed E-state index contributed by atoms with van der Waals surface area (Å²) in [5.74, 6) is 0.749. The molecular formula is C20H23N5O. The number of hydrogen-bond acceptors (Lipinski definition) is 4. The summed E-state index contributed by atoms with van der Waals surface area (Å²) in [5.41, 5.74) is 3.71. The highest BCUT2D eigenvalue weighted by Crippen LogP contribution is 2.26. The number of nitrogens with zero attached hydrogens (tertiary/aromatic N) is 3. The van der Waals surface area contributed by atoms with Gasteiger partial charge in [-0.2, -0.15) is 0 Å². The van der Waals surface area contributed by atoms with E-state index >= 15 is 0 Å². The van der Waals surface area contributed by atoms with E-state index in [1.54, 1.807) is 0 Å². The van der Waals surface area contributed by atoms with Crippen molar-refractivity contribution in [3.05, 3.63) is 42.0 Å². The summed E-state index contributed by atoms with van der Waals surface area (Å²) >= 11 is 0. The van der Waals surface area contributed by atoms with Crippen molar-refractivity contribution in [1.29, 1.82) is 0 Å². The third kappa shape index (κ3) is 3.74. The Hall–Kier alpha value is -2.76. The molecule has 0 aliphatic heterocycles. The van der Waals surface area contributed by atoms with Crippen LogP contribution in [0, 0.1) is 5.92 Å². The molecule has 1 aliphatic rings. The molecule has 1 aliphatic carbocycles. The van der Waals surface area contributed by atoms with E-state index in [1.165, 1.54) is 32.1 Å². The van der Waals surface area contributed by atoms with Crippen LogP contribution in [0.25, 0.3) is 22.4 Å². The number of benzene rings is 1. The van der Waals surface area contributed by atoms with Gasteiger partial charge in [-0.1, -0.05) is 49.5 Å². The highest BCUT2D eigenvalue weighted by atomic mass is 16.1. The summed E-state index contributed by atoms with van der Waals surface area (Å²) < 4.78 is 0. The average molecular weight is 349 g/mol. The van der Waals surface area contributed by atoms with Crippen molar-refractivity contribution in [2.24, 2.45) is 5.92 Å². The van der Waals surface area contributed by atoms with Gasteiger partial charge < -0.3 is 5.32 Å². The zero-order chi connectivity index (χ0) is 17.8. The predicted molar refractivity (Wildman–Crippen MR) is 101 cm³/mol. The molecule has 1 aromatic carbocycles. The number of aromatic nitrogens is 4. The van der Waals surface area contributed by atoms with Crippen LogP contribution in [0.2, 0.25) is 0 Å². The second kappa shape index (κ2) is 7.64. The molecule has 0 saturated heterocycles. The Kier molecular flexibility index (Phi) is 4.91. The van der Waals surface area contributed by atoms with Gasteiger partial charge in [0.1, 0.15) is 5.52 Å². The van der Waals surface area contributed by atoms with E-state index in [2.05, 4.69) is 25.7 Å². The smallest absolute Gasteiger partial charge is 0.251 e. The lowest BCUT2D eigenvalue weighted by Gasteiger charge is -2.21. The van der Waals surface area contributed by atoms with Crippen LogP contribution in [0.3, 0.4) is 0 Å². The summed E-state index contributed by atoms with van der Waals surface area (Å²) in [4.78, 5) is 17.0. The molecular weight excluding hydrogens is 326 g/mol. The lowest BCUT2D eigenvalue weighted by Crippen LogP contribution is -2.26. The molecule has 1 fully saturated rings. The molecule has 0 radical (unpaired) electrons. The summed E-state index contributed by atoms with van der Waals surface area (Å²) in [7, 11) is 0. The fraction of sp³-hybridized carbons (Fsp3) is 0.400. The Morgan fingerprint density at radius 3 is 2.92 bits per heavy atom. The van der Waals surface area contributed by atoms with E-state index in [0.717, 1.165) is 35.7 Å². The first-order chi connectivity index (χ1) is 12.8. The van der Waals surface area contributed by atoms with Gasteiger partial charge in [0.15, 0.2) is 0 Å². The topological polar surface area (TPSA) is 83.6 Å². The van der Waals surface area contributed by atoms with Gasteiger partial charge in [-0.3, -0.25) is 9.89 Å². The largest absolute Gasteiger partial charge is 0.352 e. The third-order valence-electron chi connectivity index (χ3n) is 5.17. The lowest BCUT2D eigenvalue weighted by molar-refractivity contribution is 0.0950. The van der Waals surface area contributed by atoms with E-state index in [4.69, 9.17) is 0 Å². The van der Waals surface area contributed by atoms with Gasteiger partial charge in [0.2, 0.25) is 5.65 Å². The number of hydrogen-bond donors (Lipinski definition) is 2. The highest BCUT2D eigenvalue weighted by Gasteiger charge is 2.14. The maximum Gasteiger partial charge on any atom is 0.251 e. The zero-order valence-corrected chi connectivity index (χ0v) is 14.7. The Morgan fingerprint density at radius 2 is 2.04 bits per heavy atom. The molecule has 3 aromatic rings. The first-order valence-electron chi connectivity index (χ1n) is 9.36. The normalized spacial score (nSPS) is 15.2. The fourth-order valence-electron chi connectivity index (χ4n) is 3.69.